The molecule has 6 bridgehead atoms. The van der Waals surface area contributed by atoms with Crippen molar-refractivity contribution in [2.24, 2.45) is 102 Å². The number of nitrogens with zero attached hydrogens (tertiary/aromatic N) is 1. The molecule has 0 aromatic heterocycles. The lowest BCUT2D eigenvalue weighted by atomic mass is 9.54. The van der Waals surface area contributed by atoms with E-state index in [1.807, 2.05) is 67.2 Å². The zero-order valence-electron chi connectivity index (χ0n) is 99.7. The average Bonchev–Trinajstić information content (AvgIpc) is 1.09. The molecule has 0 heterocycles. The SMILES string of the molecule is CCC(C)(C)C(=O)N(C(C)C)C(C)C.CCC(C)(C)C(=O)OC(C)(C)C1CCC(C)CC1.CCC(C)(C)C(=O)OC(C)C(F)(F)F.CCC(C)(C)C(=O)OC(C)C(F)(F)F.CCC(C)(C)C(=O)OC12CC3CC(CC(C3)C1)C2.CCC(C)(C)C(=O)OC1CC2CC1C1CCCC21.CCC(C)(C)C(=O)OCC(F)(F)F.CCC(C)(C)C(=O)OCC(F)(F)F.CCC(C)(C)c1ccc(C(C)(C)C)cc1.CCC(C)C(=O)OC(C)C(F)(F)F. The summed E-state index contributed by atoms with van der Waals surface area (Å²) in [7, 11) is 0. The van der Waals surface area contributed by atoms with Gasteiger partial charge >= 0.3 is 78.6 Å². The summed E-state index contributed by atoms with van der Waals surface area (Å²) in [4.78, 5) is 106. The topological polar surface area (TPSA) is 231 Å². The van der Waals surface area contributed by atoms with Gasteiger partial charge in [0.15, 0.2) is 31.5 Å². The lowest BCUT2D eigenvalue weighted by Crippen LogP contribution is -2.53. The molecule has 8 saturated carbocycles. The normalized spacial score (nSPS) is 22.1. The number of carbonyl (C=O) groups excluding carboxylic acids is 9. The maximum atomic E-state index is 12.4. The van der Waals surface area contributed by atoms with Crippen molar-refractivity contribution in [2.75, 3.05) is 13.2 Å². The van der Waals surface area contributed by atoms with E-state index in [1.54, 1.807) is 90.0 Å². The van der Waals surface area contributed by atoms with Gasteiger partial charge in [-0.1, -0.05) is 175 Å². The molecule has 9 rings (SSSR count). The number of rotatable bonds is 31. The fraction of sp³-hybridized carbons (Fsp3) is 0.872. The van der Waals surface area contributed by atoms with Crippen molar-refractivity contribution in [3.05, 3.63) is 35.4 Å². The predicted octanol–water partition coefficient (Wildman–Crippen LogP) is 33.5. The molecule has 0 N–H and O–H groups in total. The van der Waals surface area contributed by atoms with Crippen LogP contribution in [0, 0.1) is 102 Å². The first-order valence-corrected chi connectivity index (χ1v) is 55.0. The Hall–Kier alpha value is -6.60. The highest BCUT2D eigenvalue weighted by molar-refractivity contribution is 5.83. The summed E-state index contributed by atoms with van der Waals surface area (Å²) in [5.41, 5.74) is -1.59. The van der Waals surface area contributed by atoms with Crippen molar-refractivity contribution < 1.29 is 147 Å². The maximum Gasteiger partial charge on any atom is 0.425 e. The van der Waals surface area contributed by atoms with Crippen LogP contribution in [0.1, 0.15) is 462 Å². The average molecular weight is 2180 g/mol. The van der Waals surface area contributed by atoms with Crippen LogP contribution in [0.5, 0.6) is 0 Å². The Bertz CT molecular complexity index is 4080. The molecule has 1 aromatic carbocycles. The van der Waals surface area contributed by atoms with Crippen molar-refractivity contribution in [3.8, 4) is 0 Å². The highest BCUT2D eigenvalue weighted by atomic mass is 19.4. The van der Waals surface area contributed by atoms with Crippen molar-refractivity contribution in [1.29, 1.82) is 0 Å². The van der Waals surface area contributed by atoms with Gasteiger partial charge in [-0.25, -0.2) is 0 Å². The highest BCUT2D eigenvalue weighted by Gasteiger charge is 2.58. The molecule has 9 atom stereocenters. The number of amides is 1. The molecule has 0 radical (unpaired) electrons. The Morgan fingerprint density at radius 1 is 0.360 bits per heavy atom. The zero-order chi connectivity index (χ0) is 118. The molecule has 150 heavy (non-hydrogen) atoms. The molecule has 33 heteroatoms. The van der Waals surface area contributed by atoms with E-state index in [9.17, 15) is 109 Å². The monoisotopic (exact) mass is 2180 g/mol. The van der Waals surface area contributed by atoms with Gasteiger partial charge in [0.1, 0.15) is 17.3 Å². The fourth-order valence-corrected chi connectivity index (χ4v) is 17.5. The molecule has 8 fully saturated rings. The highest BCUT2D eigenvalue weighted by Crippen LogP contribution is 2.61. The van der Waals surface area contributed by atoms with Crippen LogP contribution in [-0.2, 0) is 91.9 Å². The summed E-state index contributed by atoms with van der Waals surface area (Å²) >= 11 is 0. The lowest BCUT2D eigenvalue weighted by molar-refractivity contribution is -0.221. The second-order valence-electron chi connectivity index (χ2n) is 50.9. The number of hydrogen-bond acceptors (Lipinski definition) is 17. The Kier molecular flexibility index (Phi) is 57.9. The van der Waals surface area contributed by atoms with Crippen molar-refractivity contribution in [2.45, 2.75) is 541 Å². The van der Waals surface area contributed by atoms with Gasteiger partial charge in [0.2, 0.25) is 5.91 Å². The molecule has 0 spiro atoms. The second-order valence-corrected chi connectivity index (χ2v) is 50.9. The Balaban J connectivity index is 0. The number of alkyl halides is 15. The van der Waals surface area contributed by atoms with Crippen LogP contribution >= 0.6 is 0 Å². The van der Waals surface area contributed by atoms with Crippen LogP contribution in [-0.4, -0.2) is 150 Å². The molecule has 0 aliphatic heterocycles. The van der Waals surface area contributed by atoms with Crippen LogP contribution in [0.2, 0.25) is 0 Å². The Morgan fingerprint density at radius 2 is 0.680 bits per heavy atom. The minimum Gasteiger partial charge on any atom is -0.462 e. The zero-order valence-corrected chi connectivity index (χ0v) is 99.7. The third-order valence-electron chi connectivity index (χ3n) is 32.5. The van der Waals surface area contributed by atoms with E-state index in [4.69, 9.17) is 14.2 Å². The fourth-order valence-electron chi connectivity index (χ4n) is 17.5. The van der Waals surface area contributed by atoms with Gasteiger partial charge in [-0.15, -0.1) is 0 Å². The van der Waals surface area contributed by atoms with Gasteiger partial charge in [0.05, 0.1) is 43.8 Å². The van der Waals surface area contributed by atoms with Gasteiger partial charge in [0.25, 0.3) is 0 Å². The molecule has 18 nitrogen and oxygen atoms in total. The molecule has 0 saturated heterocycles. The number of esters is 8. The van der Waals surface area contributed by atoms with Crippen LogP contribution in [0.3, 0.4) is 0 Å². The Labute approximate surface area is 893 Å². The smallest absolute Gasteiger partial charge is 0.425 e. The van der Waals surface area contributed by atoms with Crippen molar-refractivity contribution >= 4 is 53.7 Å². The maximum absolute atomic E-state index is 12.4. The van der Waals surface area contributed by atoms with Crippen LogP contribution in [0.15, 0.2) is 24.3 Å². The molecule has 1 amide bonds. The quantitative estimate of drug-likeness (QED) is 0.0382. The minimum atomic E-state index is -4.49. The third kappa shape index (κ3) is 49.5. The largest absolute Gasteiger partial charge is 0.462 e. The third-order valence-corrected chi connectivity index (χ3v) is 32.5. The molecule has 8 aliphatic carbocycles. The summed E-state index contributed by atoms with van der Waals surface area (Å²) in [6, 6.07) is 9.68. The van der Waals surface area contributed by atoms with E-state index in [1.165, 1.54) is 95.1 Å². The standard InChI is InChI=1S/2C16H26O2.C16H30O2.C15H24.C12H25NO.2C9H15F3O2.3C8H13F3O2/c1-4-15(2,3)14(17)18-16-8-11-5-12(9-16)7-13(6-11)10-16;1-4-16(2,3)15(17)18-14-9-10-8-13(14)12-7-5-6-11(10)12;1-7-15(3,4)14(17)18-16(5,6)13-10-8-12(2)9-11-13;1-7-15(5,6)13-10-8-12(9-11-13)14(2,3)4;1-8-12(6,7)11(14)13(9(2)3)10(4)5;2*1-5-8(3,4)7(13)14-6(2)9(10,11)12;2*1-4-7(2,3)6(12)13-5-8(9,10)11;1-4-5(2)7(12)13-6(3)8(9,10)11/h11-13H,4-10H2,1-3H3;10-14H,4-9H2,1-3H3;12-13H,7-11H2,1-6H3;8-11H,7H2,1-6H3;9-10H,8H2,1-7H3;2*6H,5H2,1-4H3;2*4-5H2,1-3H3;5-6H,4H2,1-3H3. The van der Waals surface area contributed by atoms with E-state index in [-0.39, 0.29) is 80.3 Å². The predicted molar refractivity (Wildman–Crippen MR) is 562 cm³/mol. The van der Waals surface area contributed by atoms with Crippen LogP contribution in [0.25, 0.3) is 0 Å². The number of carbonyl (C=O) groups is 9. The first-order chi connectivity index (χ1) is 67.5. The van der Waals surface area contributed by atoms with Crippen LogP contribution < -0.4 is 0 Å². The minimum absolute atomic E-state index is 0.0251. The van der Waals surface area contributed by atoms with E-state index in [0.29, 0.717) is 49.4 Å². The van der Waals surface area contributed by atoms with Gasteiger partial charge in [0, 0.05) is 17.5 Å². The Morgan fingerprint density at radius 3 is 1.00 bits per heavy atom. The number of halogens is 15. The molecule has 1 aromatic rings. The van der Waals surface area contributed by atoms with Crippen molar-refractivity contribution in [1.82, 2.24) is 4.90 Å². The first kappa shape index (κ1) is 145. The second kappa shape index (κ2) is 59.7. The summed E-state index contributed by atoms with van der Waals surface area (Å²) in [5.74, 6) is 3.04. The van der Waals surface area contributed by atoms with Gasteiger partial charge in [-0.05, 0) is 376 Å². The van der Waals surface area contributed by atoms with E-state index in [2.05, 4.69) is 159 Å². The van der Waals surface area contributed by atoms with E-state index < -0.39 is 120 Å². The lowest BCUT2D eigenvalue weighted by Gasteiger charge is -2.56. The summed E-state index contributed by atoms with van der Waals surface area (Å²) in [6.07, 6.45) is -2.08. The van der Waals surface area contributed by atoms with Gasteiger partial charge in [-0.3, -0.25) is 43.2 Å². The van der Waals surface area contributed by atoms with Crippen molar-refractivity contribution in [3.63, 3.8) is 0 Å². The van der Waals surface area contributed by atoms with E-state index >= 15 is 0 Å². The number of hydrogen-bond donors (Lipinski definition) is 0. The number of fused-ring (bicyclic) bond motifs is 5. The number of ether oxygens (including phenoxy) is 8. The molecule has 880 valence electrons. The molecular formula is C117H200F15NO17. The summed E-state index contributed by atoms with van der Waals surface area (Å²) < 4.78 is 216. The molecular weight excluding hydrogens is 1980 g/mol. The van der Waals surface area contributed by atoms with E-state index in [0.717, 1.165) is 114 Å². The molecule has 8 aliphatic rings. The summed E-state index contributed by atoms with van der Waals surface area (Å²) in [5, 5.41) is 0. The van der Waals surface area contributed by atoms with Crippen LogP contribution in [0.4, 0.5) is 65.9 Å². The first-order valence-electron chi connectivity index (χ1n) is 55.0. The summed E-state index contributed by atoms with van der Waals surface area (Å²) in [6.45, 7) is 74.6. The number of benzene rings is 1. The van der Waals surface area contributed by atoms with Gasteiger partial charge in [-0.2, -0.15) is 65.9 Å². The van der Waals surface area contributed by atoms with Gasteiger partial charge < -0.3 is 42.8 Å². The molecule has 9 unspecified atom stereocenters.